The number of nitrogens with one attached hydrogen (secondary N) is 2. The van der Waals surface area contributed by atoms with Crippen LogP contribution in [0.4, 0.5) is 10.8 Å². The number of aryl methyl sites for hydroxylation is 1. The minimum Gasteiger partial charge on any atom is -0.382 e. The van der Waals surface area contributed by atoms with Crippen molar-refractivity contribution in [1.29, 1.82) is 0 Å². The van der Waals surface area contributed by atoms with E-state index in [0.717, 1.165) is 21.3 Å². The van der Waals surface area contributed by atoms with Crippen molar-refractivity contribution in [3.05, 3.63) is 10.4 Å². The van der Waals surface area contributed by atoms with Crippen molar-refractivity contribution in [1.82, 2.24) is 14.7 Å². The number of thiazole rings is 1. The van der Waals surface area contributed by atoms with Crippen LogP contribution in [0.3, 0.4) is 0 Å². The first kappa shape index (κ1) is 13.8. The number of nitrogen functional groups attached to an aromatic ring is 1. The Balaban J connectivity index is 2.08. The Labute approximate surface area is 119 Å². The van der Waals surface area contributed by atoms with Gasteiger partial charge in [-0.25, -0.2) is 4.98 Å². The van der Waals surface area contributed by atoms with Crippen LogP contribution in [0.15, 0.2) is 5.38 Å². The molecule has 0 spiro atoms. The van der Waals surface area contributed by atoms with Gasteiger partial charge in [-0.3, -0.25) is 4.79 Å². The van der Waals surface area contributed by atoms with Gasteiger partial charge >= 0.3 is 0 Å². The van der Waals surface area contributed by atoms with Crippen LogP contribution < -0.4 is 16.4 Å². The smallest absolute Gasteiger partial charge is 0.216 e. The largest absolute Gasteiger partial charge is 0.382 e. The van der Waals surface area contributed by atoms with Gasteiger partial charge in [-0.1, -0.05) is 0 Å². The lowest BCUT2D eigenvalue weighted by molar-refractivity contribution is -0.118. The molecule has 0 aromatic carbocycles. The molecule has 8 heteroatoms. The van der Waals surface area contributed by atoms with Gasteiger partial charge in [0.15, 0.2) is 0 Å². The van der Waals surface area contributed by atoms with E-state index in [1.54, 1.807) is 11.3 Å². The second-order valence-electron chi connectivity index (χ2n) is 3.93. The molecule has 1 amide bonds. The molecule has 2 rings (SSSR count). The molecule has 0 atom stereocenters. The molecular formula is C11H15N5OS2. The topological polar surface area (TPSA) is 92.9 Å². The number of hydrogen-bond donors (Lipinski definition) is 3. The van der Waals surface area contributed by atoms with Crippen LogP contribution in [0.2, 0.25) is 0 Å². The van der Waals surface area contributed by atoms with Gasteiger partial charge in [0, 0.05) is 25.4 Å². The Morgan fingerprint density at radius 1 is 1.47 bits per heavy atom. The molecule has 0 aliphatic rings. The number of hydrogen-bond acceptors (Lipinski definition) is 7. The first-order valence-electron chi connectivity index (χ1n) is 5.74. The van der Waals surface area contributed by atoms with Gasteiger partial charge in [0.25, 0.3) is 0 Å². The summed E-state index contributed by atoms with van der Waals surface area (Å²) >= 11 is 2.88. The molecule has 0 saturated carbocycles. The predicted octanol–water partition coefficient (Wildman–Crippen LogP) is 1.71. The van der Waals surface area contributed by atoms with E-state index in [-0.39, 0.29) is 5.91 Å². The molecule has 0 fully saturated rings. The van der Waals surface area contributed by atoms with E-state index < -0.39 is 0 Å². The van der Waals surface area contributed by atoms with E-state index in [2.05, 4.69) is 20.0 Å². The van der Waals surface area contributed by atoms with E-state index >= 15 is 0 Å². The van der Waals surface area contributed by atoms with Crippen molar-refractivity contribution < 1.29 is 4.79 Å². The standard InChI is InChI=1S/C11H15N5OS2/c1-6(17)13-3-4-14-11-9(10(12)16-19-11)8-5-18-7(2)15-8/h5,14H,3-4H2,1-2H3,(H2,12,16)(H,13,17). The fourth-order valence-corrected chi connectivity index (χ4v) is 2.92. The van der Waals surface area contributed by atoms with Crippen LogP contribution in [0.5, 0.6) is 0 Å². The van der Waals surface area contributed by atoms with Gasteiger partial charge in [-0.15, -0.1) is 11.3 Å². The number of nitrogens with two attached hydrogens (primary N) is 1. The Morgan fingerprint density at radius 2 is 2.26 bits per heavy atom. The molecule has 2 aromatic rings. The van der Waals surface area contributed by atoms with Gasteiger partial charge in [0.2, 0.25) is 5.91 Å². The minimum absolute atomic E-state index is 0.0408. The summed E-state index contributed by atoms with van der Waals surface area (Å²) in [4.78, 5) is 15.2. The average Bonchev–Trinajstić information content (AvgIpc) is 2.91. The van der Waals surface area contributed by atoms with E-state index in [1.165, 1.54) is 18.5 Å². The van der Waals surface area contributed by atoms with Gasteiger partial charge in [-0.05, 0) is 18.5 Å². The average molecular weight is 297 g/mol. The molecule has 0 aliphatic carbocycles. The van der Waals surface area contributed by atoms with Crippen molar-refractivity contribution >= 4 is 39.6 Å². The third kappa shape index (κ3) is 3.42. The highest BCUT2D eigenvalue weighted by Crippen LogP contribution is 2.36. The lowest BCUT2D eigenvalue weighted by Gasteiger charge is -2.06. The SMILES string of the molecule is CC(=O)NCCNc1snc(N)c1-c1csc(C)n1. The molecule has 0 unspecified atom stereocenters. The molecule has 4 N–H and O–H groups in total. The van der Waals surface area contributed by atoms with Crippen LogP contribution >= 0.6 is 22.9 Å². The third-order valence-corrected chi connectivity index (χ3v) is 3.97. The second kappa shape index (κ2) is 5.98. The van der Waals surface area contributed by atoms with Crippen molar-refractivity contribution in [3.63, 3.8) is 0 Å². The summed E-state index contributed by atoms with van der Waals surface area (Å²) in [5, 5.41) is 9.79. The monoisotopic (exact) mass is 297 g/mol. The van der Waals surface area contributed by atoms with Crippen molar-refractivity contribution in [2.24, 2.45) is 0 Å². The summed E-state index contributed by atoms with van der Waals surface area (Å²) in [7, 11) is 0. The van der Waals surface area contributed by atoms with Crippen molar-refractivity contribution in [2.75, 3.05) is 24.1 Å². The number of nitrogens with zero attached hydrogens (tertiary/aromatic N) is 2. The quantitative estimate of drug-likeness (QED) is 0.731. The zero-order chi connectivity index (χ0) is 13.8. The first-order chi connectivity index (χ1) is 9.08. The van der Waals surface area contributed by atoms with Crippen molar-refractivity contribution in [2.45, 2.75) is 13.8 Å². The summed E-state index contributed by atoms with van der Waals surface area (Å²) in [6.45, 7) is 4.63. The molecule has 0 aliphatic heterocycles. The molecule has 2 heterocycles. The van der Waals surface area contributed by atoms with E-state index in [9.17, 15) is 4.79 Å². The molecule has 0 saturated heterocycles. The fourth-order valence-electron chi connectivity index (χ4n) is 1.56. The number of amides is 1. The predicted molar refractivity (Wildman–Crippen MR) is 79.5 cm³/mol. The Kier molecular flexibility index (Phi) is 4.33. The second-order valence-corrected chi connectivity index (χ2v) is 5.77. The van der Waals surface area contributed by atoms with Crippen LogP contribution in [0.25, 0.3) is 11.3 Å². The number of anilines is 2. The summed E-state index contributed by atoms with van der Waals surface area (Å²) in [6, 6.07) is 0. The normalized spacial score (nSPS) is 10.4. The third-order valence-electron chi connectivity index (χ3n) is 2.38. The lowest BCUT2D eigenvalue weighted by Crippen LogP contribution is -2.26. The van der Waals surface area contributed by atoms with Gasteiger partial charge in [0.05, 0.1) is 16.3 Å². The number of rotatable bonds is 5. The number of carbonyl (C=O) groups is 1. The highest BCUT2D eigenvalue weighted by atomic mass is 32.1. The van der Waals surface area contributed by atoms with Crippen LogP contribution in [0, 0.1) is 6.92 Å². The Bertz CT molecular complexity index is 577. The Morgan fingerprint density at radius 3 is 2.89 bits per heavy atom. The molecule has 2 aromatic heterocycles. The van der Waals surface area contributed by atoms with E-state index in [4.69, 9.17) is 5.73 Å². The van der Waals surface area contributed by atoms with Gasteiger partial charge in [0.1, 0.15) is 10.8 Å². The van der Waals surface area contributed by atoms with Crippen LogP contribution in [0.1, 0.15) is 11.9 Å². The highest BCUT2D eigenvalue weighted by Gasteiger charge is 2.15. The zero-order valence-corrected chi connectivity index (χ0v) is 12.3. The molecular weight excluding hydrogens is 282 g/mol. The maximum Gasteiger partial charge on any atom is 0.216 e. The fraction of sp³-hybridized carbons (Fsp3) is 0.364. The summed E-state index contributed by atoms with van der Waals surface area (Å²) < 4.78 is 4.15. The molecule has 6 nitrogen and oxygen atoms in total. The number of carbonyl (C=O) groups excluding carboxylic acids is 1. The zero-order valence-electron chi connectivity index (χ0n) is 10.7. The summed E-state index contributed by atoms with van der Waals surface area (Å²) in [5.41, 5.74) is 7.58. The van der Waals surface area contributed by atoms with Crippen molar-refractivity contribution in [3.8, 4) is 11.3 Å². The maximum absolute atomic E-state index is 10.8. The summed E-state index contributed by atoms with van der Waals surface area (Å²) in [6.07, 6.45) is 0. The van der Waals surface area contributed by atoms with Crippen LogP contribution in [-0.2, 0) is 4.79 Å². The highest BCUT2D eigenvalue weighted by molar-refractivity contribution is 7.11. The van der Waals surface area contributed by atoms with Crippen LogP contribution in [-0.4, -0.2) is 28.4 Å². The van der Waals surface area contributed by atoms with E-state index in [1.807, 2.05) is 12.3 Å². The molecule has 0 bridgehead atoms. The molecule has 102 valence electrons. The van der Waals surface area contributed by atoms with E-state index in [0.29, 0.717) is 18.9 Å². The van der Waals surface area contributed by atoms with Gasteiger partial charge in [-0.2, -0.15) is 4.37 Å². The summed E-state index contributed by atoms with van der Waals surface area (Å²) in [5.74, 6) is 0.443. The Hall–Kier alpha value is -1.67. The molecule has 19 heavy (non-hydrogen) atoms. The molecule has 0 radical (unpaired) electrons. The van der Waals surface area contributed by atoms with Gasteiger partial charge < -0.3 is 16.4 Å². The number of aromatic nitrogens is 2. The first-order valence-corrected chi connectivity index (χ1v) is 7.39. The minimum atomic E-state index is -0.0408. The lowest BCUT2D eigenvalue weighted by atomic mass is 10.2. The maximum atomic E-state index is 10.8.